The van der Waals surface area contributed by atoms with Crippen molar-refractivity contribution in [3.63, 3.8) is 0 Å². The van der Waals surface area contributed by atoms with Gasteiger partial charge in [-0.05, 0) is 137 Å². The van der Waals surface area contributed by atoms with Gasteiger partial charge in [0.25, 0.3) is 5.91 Å². The maximum Gasteiger partial charge on any atom is 0.437 e. The summed E-state index contributed by atoms with van der Waals surface area (Å²) < 4.78 is 21.3. The van der Waals surface area contributed by atoms with Crippen molar-refractivity contribution in [1.29, 1.82) is 0 Å². The van der Waals surface area contributed by atoms with Crippen LogP contribution in [-0.2, 0) is 25.4 Å². The molecule has 0 fully saturated rings. The van der Waals surface area contributed by atoms with Crippen molar-refractivity contribution in [2.75, 3.05) is 25.0 Å². The molecule has 4 N–H and O–H groups in total. The Labute approximate surface area is 341 Å². The van der Waals surface area contributed by atoms with Crippen LogP contribution in [0.25, 0.3) is 5.57 Å². The molecule has 1 aliphatic heterocycles. The monoisotopic (exact) mass is 805 g/mol. The van der Waals surface area contributed by atoms with E-state index in [0.717, 1.165) is 16.7 Å². The maximum absolute atomic E-state index is 13.1. The van der Waals surface area contributed by atoms with Crippen molar-refractivity contribution in [3.8, 4) is 0 Å². The molecule has 0 aliphatic carbocycles. The number of hydrogen-bond acceptors (Lipinski definition) is 9. The number of anilines is 1. The summed E-state index contributed by atoms with van der Waals surface area (Å²) in [5.74, 6) is -0.356. The fourth-order valence-corrected chi connectivity index (χ4v) is 5.07. The molecule has 0 unspecified atom stereocenters. The Bertz CT molecular complexity index is 1880. The minimum absolute atomic E-state index is 0.0296. The highest BCUT2D eigenvalue weighted by Gasteiger charge is 2.25. The predicted octanol–water partition coefficient (Wildman–Crippen LogP) is 7.79. The van der Waals surface area contributed by atoms with E-state index >= 15 is 0 Å². The van der Waals surface area contributed by atoms with Gasteiger partial charge in [0, 0.05) is 30.9 Å². The highest BCUT2D eigenvalue weighted by molar-refractivity contribution is 6.04. The summed E-state index contributed by atoms with van der Waals surface area (Å²) in [6.45, 7) is 21.8. The second kappa shape index (κ2) is 19.5. The summed E-state index contributed by atoms with van der Waals surface area (Å²) in [6, 6.07) is 14.5. The van der Waals surface area contributed by atoms with Gasteiger partial charge in [-0.3, -0.25) is 15.4 Å². The Morgan fingerprint density at radius 2 is 1.17 bits per heavy atom. The number of nitrogens with one attached hydrogen (secondary N) is 4. The molecule has 0 spiro atoms. The normalized spacial score (nSPS) is 14.1. The topological polar surface area (TPSA) is 198 Å². The molecule has 0 saturated heterocycles. The van der Waals surface area contributed by atoms with Crippen molar-refractivity contribution in [3.05, 3.63) is 71.3 Å². The van der Waals surface area contributed by atoms with E-state index in [-0.39, 0.29) is 17.8 Å². The highest BCUT2D eigenvalue weighted by atomic mass is 16.6. The summed E-state index contributed by atoms with van der Waals surface area (Å²) in [7, 11) is 0. The van der Waals surface area contributed by atoms with Crippen molar-refractivity contribution < 1.29 is 42.9 Å². The number of aliphatic imine (C=N–C) groups is 2. The molecule has 3 rings (SSSR count). The van der Waals surface area contributed by atoms with E-state index in [1.807, 2.05) is 30.3 Å². The average Bonchev–Trinajstić information content (AvgIpc) is 3.05. The van der Waals surface area contributed by atoms with Crippen molar-refractivity contribution in [2.24, 2.45) is 9.98 Å². The second-order valence-corrected chi connectivity index (χ2v) is 17.4. The number of rotatable bonds is 6. The molecule has 0 bridgehead atoms. The van der Waals surface area contributed by atoms with Crippen molar-refractivity contribution in [1.82, 2.24) is 20.9 Å². The Morgan fingerprint density at radius 1 is 0.655 bits per heavy atom. The quantitative estimate of drug-likeness (QED) is 0.126. The molecule has 16 heteroatoms. The van der Waals surface area contributed by atoms with Gasteiger partial charge < -0.3 is 34.5 Å². The fourth-order valence-electron chi connectivity index (χ4n) is 5.07. The number of amides is 5. The number of hydrogen-bond donors (Lipinski definition) is 4. The lowest BCUT2D eigenvalue weighted by Gasteiger charge is -2.30. The molecule has 0 aromatic heterocycles. The van der Waals surface area contributed by atoms with Crippen LogP contribution in [0.3, 0.4) is 0 Å². The number of nitrogens with zero attached hydrogens (tertiary/aromatic N) is 3. The lowest BCUT2D eigenvalue weighted by molar-refractivity contribution is 0.0539. The van der Waals surface area contributed by atoms with Gasteiger partial charge in [-0.1, -0.05) is 30.3 Å². The zero-order chi connectivity index (χ0) is 43.5. The first-order chi connectivity index (χ1) is 26.7. The van der Waals surface area contributed by atoms with E-state index in [0.29, 0.717) is 43.7 Å². The zero-order valence-electron chi connectivity index (χ0n) is 35.7. The molecule has 0 radical (unpaired) electrons. The molecule has 0 atom stereocenters. The molecule has 58 heavy (non-hydrogen) atoms. The van der Waals surface area contributed by atoms with Crippen LogP contribution in [0.1, 0.15) is 111 Å². The summed E-state index contributed by atoms with van der Waals surface area (Å²) in [4.78, 5) is 72.6. The third kappa shape index (κ3) is 17.9. The summed E-state index contributed by atoms with van der Waals surface area (Å²) >= 11 is 0. The van der Waals surface area contributed by atoms with E-state index in [2.05, 4.69) is 31.3 Å². The van der Waals surface area contributed by atoms with Crippen LogP contribution in [0.5, 0.6) is 0 Å². The Morgan fingerprint density at radius 3 is 1.67 bits per heavy atom. The van der Waals surface area contributed by atoms with E-state index in [1.54, 1.807) is 112 Å². The largest absolute Gasteiger partial charge is 0.444 e. The standard InChI is InChI=1S/C42H59N7O9/c1-39(2,3)55-35(51)45-33(46-36(52)56-40(4,5)6)43-24-21-27-13-19-31(20-14-27)44-32(50)30-17-15-28(16-18-30)29-22-25-49(26-23-29)34(47-37(53)57-41(7,8)9)48-38(54)58-42(10,11)12/h13-20,22H,21,23-26H2,1-12H3,(H,44,50)(H,47,48,53,54)(H2,43,45,46,51,52). The van der Waals surface area contributed by atoms with Crippen molar-refractivity contribution >= 4 is 53.5 Å². The molecule has 1 aliphatic rings. The first-order valence-corrected chi connectivity index (χ1v) is 19.1. The van der Waals surface area contributed by atoms with Crippen LogP contribution in [0.15, 0.2) is 64.6 Å². The summed E-state index contributed by atoms with van der Waals surface area (Å²) in [6.07, 6.45) is -0.159. The van der Waals surface area contributed by atoms with Gasteiger partial charge in [-0.2, -0.15) is 0 Å². The van der Waals surface area contributed by atoms with Gasteiger partial charge in [-0.15, -0.1) is 9.98 Å². The van der Waals surface area contributed by atoms with Gasteiger partial charge in [0.05, 0.1) is 0 Å². The van der Waals surface area contributed by atoms with Gasteiger partial charge in [0.1, 0.15) is 22.4 Å². The number of guanidine groups is 2. The minimum Gasteiger partial charge on any atom is -0.444 e. The van der Waals surface area contributed by atoms with Gasteiger partial charge in [-0.25, -0.2) is 19.2 Å². The molecule has 316 valence electrons. The van der Waals surface area contributed by atoms with Crippen LogP contribution >= 0.6 is 0 Å². The smallest absolute Gasteiger partial charge is 0.437 e. The average molecular weight is 806 g/mol. The van der Waals surface area contributed by atoms with Crippen LogP contribution < -0.4 is 21.3 Å². The number of benzene rings is 2. The van der Waals surface area contributed by atoms with Crippen LogP contribution in [-0.4, -0.2) is 89.1 Å². The summed E-state index contributed by atoms with van der Waals surface area (Å²) in [5.41, 5.74) is 0.925. The third-order valence-corrected chi connectivity index (χ3v) is 7.36. The first kappa shape index (κ1) is 46.5. The van der Waals surface area contributed by atoms with E-state index in [1.165, 1.54) is 0 Å². The fraction of sp³-hybridized carbons (Fsp3) is 0.500. The predicted molar refractivity (Wildman–Crippen MR) is 223 cm³/mol. The molecule has 16 nitrogen and oxygen atoms in total. The zero-order valence-corrected chi connectivity index (χ0v) is 35.7. The van der Waals surface area contributed by atoms with Crippen LogP contribution in [0.4, 0.5) is 24.9 Å². The number of alkyl carbamates (subject to hydrolysis) is 2. The van der Waals surface area contributed by atoms with Crippen LogP contribution in [0, 0.1) is 0 Å². The lowest BCUT2D eigenvalue weighted by atomic mass is 9.98. The molecule has 1 heterocycles. The van der Waals surface area contributed by atoms with E-state index in [4.69, 9.17) is 18.9 Å². The lowest BCUT2D eigenvalue weighted by Crippen LogP contribution is -2.48. The van der Waals surface area contributed by atoms with Gasteiger partial charge >= 0.3 is 24.4 Å². The molecule has 2 aromatic rings. The SMILES string of the molecule is CC(C)(C)OC(=O)/N=C(/NC(=O)OC(C)(C)C)N1CC=C(c2ccc(C(=O)Nc3ccc(CCN/C(=N\C(=O)OC(C)(C)C)NC(=O)OC(C)(C)C)cc3)cc2)CC1. The summed E-state index contributed by atoms with van der Waals surface area (Å²) in [5, 5.41) is 10.9. The van der Waals surface area contributed by atoms with E-state index < -0.39 is 46.8 Å². The molecule has 0 saturated carbocycles. The maximum atomic E-state index is 13.1. The molecule has 2 aromatic carbocycles. The Kier molecular flexibility index (Phi) is 15.6. The molecular formula is C42H59N7O9. The molecular weight excluding hydrogens is 747 g/mol. The first-order valence-electron chi connectivity index (χ1n) is 19.1. The molecule has 5 amide bonds. The third-order valence-electron chi connectivity index (χ3n) is 7.36. The highest BCUT2D eigenvalue weighted by Crippen LogP contribution is 2.24. The number of carbonyl (C=O) groups is 5. The minimum atomic E-state index is -0.868. The van der Waals surface area contributed by atoms with Crippen LogP contribution in [0.2, 0.25) is 0 Å². The Balaban J connectivity index is 1.60. The number of carbonyl (C=O) groups excluding carboxylic acids is 5. The van der Waals surface area contributed by atoms with E-state index in [9.17, 15) is 24.0 Å². The van der Waals surface area contributed by atoms with Crippen molar-refractivity contribution in [2.45, 2.75) is 118 Å². The Hall–Kier alpha value is -5.93. The number of ether oxygens (including phenoxy) is 4. The van der Waals surface area contributed by atoms with Gasteiger partial charge in [0.15, 0.2) is 0 Å². The van der Waals surface area contributed by atoms with Gasteiger partial charge in [0.2, 0.25) is 11.9 Å². The second-order valence-electron chi connectivity index (χ2n) is 17.4.